The van der Waals surface area contributed by atoms with Gasteiger partial charge in [0, 0.05) is 23.9 Å². The minimum Gasteiger partial charge on any atom is -0.491 e. The molecule has 0 spiro atoms. The van der Waals surface area contributed by atoms with E-state index in [2.05, 4.69) is 15.6 Å². The smallest absolute Gasteiger partial charge is 0.427 e. The van der Waals surface area contributed by atoms with Crippen LogP contribution in [0.25, 0.3) is 10.8 Å². The van der Waals surface area contributed by atoms with E-state index in [1.54, 1.807) is 32.1 Å². The van der Waals surface area contributed by atoms with Crippen molar-refractivity contribution < 1.29 is 63.8 Å². The fourth-order valence-electron chi connectivity index (χ4n) is 7.86. The highest BCUT2D eigenvalue weighted by atomic mass is 32.2. The first-order valence-corrected chi connectivity index (χ1v) is 21.4. The van der Waals surface area contributed by atoms with Crippen molar-refractivity contribution in [2.24, 2.45) is 17.8 Å². The quantitative estimate of drug-likeness (QED) is 0.207. The molecule has 1 saturated heterocycles. The largest absolute Gasteiger partial charge is 0.491 e. The summed E-state index contributed by atoms with van der Waals surface area (Å²) in [5, 5.41) is 5.74. The highest BCUT2D eigenvalue weighted by Gasteiger charge is 2.64. The van der Waals surface area contributed by atoms with Crippen LogP contribution in [0.4, 0.5) is 26.7 Å². The molecule has 3 fully saturated rings. The van der Waals surface area contributed by atoms with Gasteiger partial charge in [-0.05, 0) is 94.7 Å². The van der Waals surface area contributed by atoms with Crippen LogP contribution >= 0.6 is 0 Å². The summed E-state index contributed by atoms with van der Waals surface area (Å²) >= 11 is 0. The summed E-state index contributed by atoms with van der Waals surface area (Å²) in [6.07, 6.45) is -1.57. The number of fused-ring (bicyclic) bond motifs is 3. The Bertz CT molecular complexity index is 2150. The van der Waals surface area contributed by atoms with Crippen LogP contribution < -0.4 is 24.8 Å². The van der Waals surface area contributed by atoms with Gasteiger partial charge < -0.3 is 29.7 Å². The number of alkyl halides is 4. The number of alkyl carbamates (subject to hydrolysis) is 1. The predicted molar refractivity (Wildman–Crippen MR) is 206 cm³/mol. The fraction of sp³-hybridized carbons (Fsp3) is 0.625. The highest BCUT2D eigenvalue weighted by Crippen LogP contribution is 2.48. The minimum atomic E-state index is -4.96. The number of carbonyl (C=O) groups is 4. The van der Waals surface area contributed by atoms with Crippen LogP contribution in [-0.4, -0.2) is 102 Å². The second kappa shape index (κ2) is 16.6. The molecule has 1 aromatic carbocycles. The van der Waals surface area contributed by atoms with E-state index in [1.807, 2.05) is 11.6 Å². The SMILES string of the molecule is CCOc1cc2ccnc(O[C@@H]3C[C@H]4C(=O)N[C@]5(C(=O)NS(=O)(=O)C6(CF)CC6)C[C@H]5/C=C\CC[C@@H](C)C[C@@H](C)[C@H](NC(=O)OC(C)(C)C(F)(F)F)C(=O)N4C3)c2cc1F. The Kier molecular flexibility index (Phi) is 12.4. The highest BCUT2D eigenvalue weighted by molar-refractivity contribution is 7.91. The van der Waals surface area contributed by atoms with Gasteiger partial charge in [0.2, 0.25) is 33.3 Å². The lowest BCUT2D eigenvalue weighted by atomic mass is 9.88. The molecule has 2 aromatic rings. The van der Waals surface area contributed by atoms with Crippen molar-refractivity contribution >= 4 is 44.6 Å². The maximum atomic E-state index is 15.1. The lowest BCUT2D eigenvalue weighted by molar-refractivity contribution is -0.244. The number of rotatable bonds is 10. The number of allylic oxidation sites excluding steroid dienone is 1. The zero-order chi connectivity index (χ0) is 44.0. The Hall–Kier alpha value is -4.75. The number of hydrogen-bond acceptors (Lipinski definition) is 10. The fourth-order valence-corrected chi connectivity index (χ4v) is 9.29. The second-order valence-electron chi connectivity index (χ2n) is 16.9. The number of amides is 4. The molecule has 6 rings (SSSR count). The Labute approximate surface area is 344 Å². The van der Waals surface area contributed by atoms with Gasteiger partial charge >= 0.3 is 12.3 Å². The molecule has 0 unspecified atom stereocenters. The number of benzene rings is 1. The van der Waals surface area contributed by atoms with E-state index in [0.29, 0.717) is 38.5 Å². The number of hydrogen-bond donors (Lipinski definition) is 3. The van der Waals surface area contributed by atoms with Crippen molar-refractivity contribution in [3.8, 4) is 11.6 Å². The van der Waals surface area contributed by atoms with Gasteiger partial charge in [-0.1, -0.05) is 26.0 Å². The molecule has 3 N–H and O–H groups in total. The zero-order valence-electron chi connectivity index (χ0n) is 33.9. The van der Waals surface area contributed by atoms with E-state index in [-0.39, 0.29) is 61.8 Å². The normalized spacial score (nSPS) is 28.9. The summed E-state index contributed by atoms with van der Waals surface area (Å²) in [4.78, 5) is 61.6. The first kappa shape index (κ1) is 44.8. The molecule has 0 bridgehead atoms. The standard InChI is InChI=1S/C40H50F5N5O9S/c1-6-57-30-16-24-11-14-46-33(27(24)18-28(30)42)58-26-17-29-32(51)48-39(35(53)49-60(55,56)38(21-41)12-13-38)19-25(39)10-8-7-9-22(2)15-23(3)31(34(52)50(29)20-26)47-36(54)59-37(4,5)40(43,44)45/h8,10-11,14,16,18,22-23,25-26,29,31H,6-7,9,12-13,15,17,19-21H2,1-5H3,(H,47,54)(H,48,51)(H,49,53)/b10-8-/t22-,23-,25-,26-,29+,31+,39-/m1/s1. The van der Waals surface area contributed by atoms with Crippen molar-refractivity contribution in [2.45, 2.75) is 120 Å². The van der Waals surface area contributed by atoms with E-state index >= 15 is 4.39 Å². The zero-order valence-corrected chi connectivity index (χ0v) is 34.7. The Morgan fingerprint density at radius 3 is 2.48 bits per heavy atom. The number of ether oxygens (including phenoxy) is 3. The first-order chi connectivity index (χ1) is 28.1. The van der Waals surface area contributed by atoms with Gasteiger partial charge in [0.1, 0.15) is 35.1 Å². The summed E-state index contributed by atoms with van der Waals surface area (Å²) in [7, 11) is -4.49. The molecule has 2 saturated carbocycles. The third-order valence-electron chi connectivity index (χ3n) is 11.9. The lowest BCUT2D eigenvalue weighted by Gasteiger charge is -2.34. The van der Waals surface area contributed by atoms with Crippen LogP contribution in [0.2, 0.25) is 0 Å². The van der Waals surface area contributed by atoms with E-state index in [4.69, 9.17) is 14.2 Å². The van der Waals surface area contributed by atoms with Crippen LogP contribution in [0.1, 0.15) is 79.6 Å². The van der Waals surface area contributed by atoms with Crippen LogP contribution in [-0.2, 0) is 29.1 Å². The van der Waals surface area contributed by atoms with Crippen molar-refractivity contribution in [3.63, 3.8) is 0 Å². The molecule has 20 heteroatoms. The van der Waals surface area contributed by atoms with Crippen LogP contribution in [0.5, 0.6) is 11.6 Å². The number of nitrogens with one attached hydrogen (secondary N) is 3. The molecule has 4 amide bonds. The van der Waals surface area contributed by atoms with Gasteiger partial charge in [0.05, 0.1) is 13.2 Å². The summed E-state index contributed by atoms with van der Waals surface area (Å²) in [5.74, 6) is -5.12. The number of aromatic nitrogens is 1. The second-order valence-corrected chi connectivity index (χ2v) is 19.0. The van der Waals surface area contributed by atoms with E-state index in [0.717, 1.165) is 11.0 Å². The van der Waals surface area contributed by atoms with Gasteiger partial charge in [-0.15, -0.1) is 0 Å². The summed E-state index contributed by atoms with van der Waals surface area (Å²) in [6, 6.07) is 1.25. The predicted octanol–water partition coefficient (Wildman–Crippen LogP) is 5.39. The number of carbonyl (C=O) groups excluding carboxylic acids is 4. The molecule has 0 radical (unpaired) electrons. The summed E-state index contributed by atoms with van der Waals surface area (Å²) in [5.41, 5.74) is -4.74. The van der Waals surface area contributed by atoms with Gasteiger partial charge in [0.15, 0.2) is 11.6 Å². The molecular weight excluding hydrogens is 822 g/mol. The van der Waals surface area contributed by atoms with Crippen molar-refractivity contribution in [1.29, 1.82) is 0 Å². The molecule has 14 nitrogen and oxygen atoms in total. The van der Waals surface area contributed by atoms with Gasteiger partial charge in [-0.25, -0.2) is 27.0 Å². The average molecular weight is 872 g/mol. The maximum absolute atomic E-state index is 15.1. The average Bonchev–Trinajstić information content (AvgIpc) is 4.06. The van der Waals surface area contributed by atoms with Crippen LogP contribution in [0.3, 0.4) is 0 Å². The topological polar surface area (TPSA) is 182 Å². The Morgan fingerprint density at radius 2 is 1.83 bits per heavy atom. The van der Waals surface area contributed by atoms with E-state index < -0.39 is 98.4 Å². The molecular formula is C40H50F5N5O9S. The van der Waals surface area contributed by atoms with Crippen LogP contribution in [0, 0.1) is 23.6 Å². The minimum absolute atomic E-state index is 0.00806. The molecule has 4 aliphatic rings. The number of halogens is 5. The molecule has 2 aliphatic heterocycles. The van der Waals surface area contributed by atoms with Crippen molar-refractivity contribution in [2.75, 3.05) is 19.8 Å². The Balaban J connectivity index is 1.36. The van der Waals surface area contributed by atoms with Gasteiger partial charge in [-0.2, -0.15) is 13.2 Å². The number of pyridine rings is 1. The Morgan fingerprint density at radius 1 is 1.12 bits per heavy atom. The number of sulfonamides is 1. The molecule has 7 atom stereocenters. The maximum Gasteiger partial charge on any atom is 0.427 e. The van der Waals surface area contributed by atoms with Crippen LogP contribution in [0.15, 0.2) is 36.5 Å². The first-order valence-electron chi connectivity index (χ1n) is 19.9. The molecule has 60 heavy (non-hydrogen) atoms. The van der Waals surface area contributed by atoms with Gasteiger partial charge in [-0.3, -0.25) is 19.1 Å². The summed E-state index contributed by atoms with van der Waals surface area (Å²) < 4.78 is 113. The van der Waals surface area contributed by atoms with E-state index in [9.17, 15) is 45.2 Å². The van der Waals surface area contributed by atoms with Crippen molar-refractivity contribution in [1.82, 2.24) is 25.2 Å². The monoisotopic (exact) mass is 871 g/mol. The van der Waals surface area contributed by atoms with Gasteiger partial charge in [0.25, 0.3) is 5.91 Å². The lowest BCUT2D eigenvalue weighted by Crippen LogP contribution is -2.60. The third kappa shape index (κ3) is 8.98. The molecule has 1 aromatic heterocycles. The third-order valence-corrected chi connectivity index (χ3v) is 14.0. The number of nitrogens with zero attached hydrogens (tertiary/aromatic N) is 2. The molecule has 2 aliphatic carbocycles. The summed E-state index contributed by atoms with van der Waals surface area (Å²) in [6.45, 7) is 5.17. The van der Waals surface area contributed by atoms with E-state index in [1.165, 1.54) is 12.3 Å². The molecule has 330 valence electrons. The molecule has 3 heterocycles. The van der Waals surface area contributed by atoms with Crippen molar-refractivity contribution in [3.05, 3.63) is 42.4 Å².